The number of esters is 1. The van der Waals surface area contributed by atoms with Crippen LogP contribution in [0.5, 0.6) is 0 Å². The van der Waals surface area contributed by atoms with Gasteiger partial charge in [-0.05, 0) is 49.4 Å². The Kier molecular flexibility index (Phi) is 5.06. The lowest BCUT2D eigenvalue weighted by molar-refractivity contribution is -0.152. The van der Waals surface area contributed by atoms with E-state index in [2.05, 4.69) is 10.3 Å². The Labute approximate surface area is 120 Å². The first kappa shape index (κ1) is 14.9. The van der Waals surface area contributed by atoms with Crippen molar-refractivity contribution < 1.29 is 9.53 Å². The second kappa shape index (κ2) is 6.12. The van der Waals surface area contributed by atoms with E-state index in [1.165, 1.54) is 0 Å². The van der Waals surface area contributed by atoms with Gasteiger partial charge in [0.15, 0.2) is 0 Å². The Hall–Kier alpha value is -1.18. The SMILES string of the molecule is CC(C)(C)OC(=O)CNc1cnccc1C(=N)I. The molecule has 5 nitrogen and oxygen atoms in total. The molecule has 0 saturated carbocycles. The highest BCUT2D eigenvalue weighted by Gasteiger charge is 2.16. The molecular formula is C12H16IN3O2. The maximum Gasteiger partial charge on any atom is 0.325 e. The van der Waals surface area contributed by atoms with Gasteiger partial charge in [0, 0.05) is 11.8 Å². The molecule has 0 aliphatic carbocycles. The number of rotatable bonds is 4. The van der Waals surface area contributed by atoms with Crippen LogP contribution >= 0.6 is 22.6 Å². The Morgan fingerprint density at radius 2 is 2.22 bits per heavy atom. The summed E-state index contributed by atoms with van der Waals surface area (Å²) in [5.41, 5.74) is 0.879. The van der Waals surface area contributed by atoms with E-state index < -0.39 is 5.60 Å². The molecule has 0 fully saturated rings. The number of aromatic nitrogens is 1. The molecule has 0 aliphatic heterocycles. The van der Waals surface area contributed by atoms with Crippen LogP contribution in [0, 0.1) is 5.41 Å². The Morgan fingerprint density at radius 3 is 2.78 bits per heavy atom. The predicted molar refractivity (Wildman–Crippen MR) is 79.4 cm³/mol. The van der Waals surface area contributed by atoms with Crippen molar-refractivity contribution in [2.24, 2.45) is 0 Å². The number of hydrogen-bond acceptors (Lipinski definition) is 5. The predicted octanol–water partition coefficient (Wildman–Crippen LogP) is 2.60. The third kappa shape index (κ3) is 4.99. The second-order valence-corrected chi connectivity index (χ2v) is 5.75. The molecule has 0 radical (unpaired) electrons. The van der Waals surface area contributed by atoms with Gasteiger partial charge in [0.25, 0.3) is 0 Å². The molecule has 0 unspecified atom stereocenters. The van der Waals surface area contributed by atoms with Gasteiger partial charge in [0.05, 0.1) is 11.9 Å². The van der Waals surface area contributed by atoms with Crippen molar-refractivity contribution >= 4 is 38.0 Å². The summed E-state index contributed by atoms with van der Waals surface area (Å²) in [5, 5.41) is 10.5. The average Bonchev–Trinajstić information content (AvgIpc) is 2.24. The summed E-state index contributed by atoms with van der Waals surface area (Å²) in [6, 6.07) is 1.73. The summed E-state index contributed by atoms with van der Waals surface area (Å²) in [4.78, 5) is 15.5. The van der Waals surface area contributed by atoms with Crippen molar-refractivity contribution in [3.8, 4) is 0 Å². The summed E-state index contributed by atoms with van der Waals surface area (Å²) in [7, 11) is 0. The van der Waals surface area contributed by atoms with Gasteiger partial charge in [-0.15, -0.1) is 0 Å². The van der Waals surface area contributed by atoms with Crippen LogP contribution in [-0.4, -0.2) is 26.8 Å². The molecule has 1 aromatic heterocycles. The topological polar surface area (TPSA) is 75.1 Å². The number of anilines is 1. The van der Waals surface area contributed by atoms with E-state index in [0.29, 0.717) is 15.0 Å². The fourth-order valence-corrected chi connectivity index (χ4v) is 1.74. The van der Waals surface area contributed by atoms with Gasteiger partial charge in [-0.2, -0.15) is 0 Å². The summed E-state index contributed by atoms with van der Waals surface area (Å²) in [5.74, 6) is -0.336. The van der Waals surface area contributed by atoms with Crippen LogP contribution in [0.25, 0.3) is 0 Å². The van der Waals surface area contributed by atoms with Crippen molar-refractivity contribution in [1.82, 2.24) is 4.98 Å². The number of pyridine rings is 1. The van der Waals surface area contributed by atoms with Crippen molar-refractivity contribution in [3.05, 3.63) is 24.0 Å². The zero-order valence-electron chi connectivity index (χ0n) is 10.6. The lowest BCUT2D eigenvalue weighted by Crippen LogP contribution is -2.28. The standard InChI is InChI=1S/C12H16IN3O2/c1-12(2,3)18-10(17)7-16-9-6-15-5-4-8(9)11(13)14/h4-6,14,16H,7H2,1-3H3. The number of ether oxygens (including phenoxy) is 1. The third-order valence-corrected chi connectivity index (χ3v) is 2.48. The van der Waals surface area contributed by atoms with Crippen LogP contribution in [0.1, 0.15) is 26.3 Å². The van der Waals surface area contributed by atoms with E-state index in [-0.39, 0.29) is 12.5 Å². The maximum absolute atomic E-state index is 11.6. The highest BCUT2D eigenvalue weighted by atomic mass is 127. The molecule has 1 aromatic rings. The fraction of sp³-hybridized carbons (Fsp3) is 0.417. The quantitative estimate of drug-likeness (QED) is 0.491. The maximum atomic E-state index is 11.6. The molecular weight excluding hydrogens is 345 g/mol. The molecule has 98 valence electrons. The van der Waals surface area contributed by atoms with E-state index in [0.717, 1.165) is 0 Å². The normalized spacial score (nSPS) is 10.9. The van der Waals surface area contributed by atoms with Crippen molar-refractivity contribution in [2.75, 3.05) is 11.9 Å². The van der Waals surface area contributed by atoms with Gasteiger partial charge in [-0.1, -0.05) is 0 Å². The molecule has 0 aromatic carbocycles. The molecule has 1 heterocycles. The average molecular weight is 361 g/mol. The van der Waals surface area contributed by atoms with Crippen LogP contribution in [0.2, 0.25) is 0 Å². The van der Waals surface area contributed by atoms with E-state index in [1.807, 2.05) is 43.4 Å². The molecule has 0 amide bonds. The van der Waals surface area contributed by atoms with E-state index >= 15 is 0 Å². The van der Waals surface area contributed by atoms with Gasteiger partial charge in [-0.3, -0.25) is 15.2 Å². The monoisotopic (exact) mass is 361 g/mol. The summed E-state index contributed by atoms with van der Waals surface area (Å²) in [6.07, 6.45) is 3.20. The fourth-order valence-electron chi connectivity index (χ4n) is 1.27. The second-order valence-electron chi connectivity index (χ2n) is 4.68. The van der Waals surface area contributed by atoms with Gasteiger partial charge < -0.3 is 10.1 Å². The first-order valence-electron chi connectivity index (χ1n) is 5.44. The lowest BCUT2D eigenvalue weighted by Gasteiger charge is -2.20. The minimum Gasteiger partial charge on any atom is -0.459 e. The summed E-state index contributed by atoms with van der Waals surface area (Å²) in [6.45, 7) is 5.52. The molecule has 1 rings (SSSR count). The minimum atomic E-state index is -0.494. The smallest absolute Gasteiger partial charge is 0.325 e. The number of nitrogens with zero attached hydrogens (tertiary/aromatic N) is 1. The third-order valence-electron chi connectivity index (χ3n) is 1.90. The van der Waals surface area contributed by atoms with Crippen LogP contribution < -0.4 is 5.32 Å². The van der Waals surface area contributed by atoms with Gasteiger partial charge in [0.1, 0.15) is 15.9 Å². The van der Waals surface area contributed by atoms with Crippen LogP contribution in [0.4, 0.5) is 5.69 Å². The first-order valence-corrected chi connectivity index (χ1v) is 6.51. The van der Waals surface area contributed by atoms with Crippen LogP contribution in [0.15, 0.2) is 18.5 Å². The van der Waals surface area contributed by atoms with Gasteiger partial charge in [-0.25, -0.2) is 0 Å². The lowest BCUT2D eigenvalue weighted by atomic mass is 10.2. The van der Waals surface area contributed by atoms with E-state index in [9.17, 15) is 4.79 Å². The highest BCUT2D eigenvalue weighted by molar-refractivity contribution is 14.1. The van der Waals surface area contributed by atoms with Gasteiger partial charge >= 0.3 is 5.97 Å². The molecule has 0 bridgehead atoms. The number of hydrogen-bond donors (Lipinski definition) is 2. The number of nitrogens with one attached hydrogen (secondary N) is 2. The zero-order valence-corrected chi connectivity index (χ0v) is 12.7. The van der Waals surface area contributed by atoms with Crippen molar-refractivity contribution in [1.29, 1.82) is 5.41 Å². The zero-order chi connectivity index (χ0) is 13.8. The molecule has 0 aliphatic rings. The Balaban J connectivity index is 2.64. The molecule has 0 atom stereocenters. The number of carbonyl (C=O) groups is 1. The first-order chi connectivity index (χ1) is 8.29. The van der Waals surface area contributed by atoms with Crippen LogP contribution in [-0.2, 0) is 9.53 Å². The van der Waals surface area contributed by atoms with E-state index in [4.69, 9.17) is 10.1 Å². The molecule has 6 heteroatoms. The highest BCUT2D eigenvalue weighted by Crippen LogP contribution is 2.16. The van der Waals surface area contributed by atoms with Crippen molar-refractivity contribution in [3.63, 3.8) is 0 Å². The number of carbonyl (C=O) groups excluding carboxylic acids is 1. The summed E-state index contributed by atoms with van der Waals surface area (Å²) >= 11 is 1.91. The number of halogens is 1. The largest absolute Gasteiger partial charge is 0.459 e. The molecule has 0 saturated heterocycles. The molecule has 2 N–H and O–H groups in total. The van der Waals surface area contributed by atoms with Crippen LogP contribution in [0.3, 0.4) is 0 Å². The van der Waals surface area contributed by atoms with Crippen molar-refractivity contribution in [2.45, 2.75) is 26.4 Å². The molecule has 0 spiro atoms. The van der Waals surface area contributed by atoms with Gasteiger partial charge in [0.2, 0.25) is 0 Å². The van der Waals surface area contributed by atoms with E-state index in [1.54, 1.807) is 18.5 Å². The Bertz CT molecular complexity index is 455. The summed E-state index contributed by atoms with van der Waals surface area (Å²) < 4.78 is 5.57. The minimum absolute atomic E-state index is 0.0554. The Morgan fingerprint density at radius 1 is 1.56 bits per heavy atom. The molecule has 18 heavy (non-hydrogen) atoms.